The molecule has 1 heterocycles. The number of hydrogen-bond acceptors (Lipinski definition) is 3. The zero-order valence-corrected chi connectivity index (χ0v) is 13.7. The monoisotopic (exact) mass is 293 g/mol. The molecule has 0 saturated carbocycles. The van der Waals surface area contributed by atoms with Crippen molar-refractivity contribution < 1.29 is 4.39 Å². The molecule has 0 spiro atoms. The summed E-state index contributed by atoms with van der Waals surface area (Å²) in [6, 6.07) is 6.79. The fourth-order valence-corrected chi connectivity index (χ4v) is 3.06. The number of nitrogens with zero attached hydrogens (tertiary/aromatic N) is 2. The van der Waals surface area contributed by atoms with Crippen molar-refractivity contribution in [3.8, 4) is 0 Å². The van der Waals surface area contributed by atoms with Crippen molar-refractivity contribution >= 4 is 0 Å². The second kappa shape index (κ2) is 6.03. The molecule has 0 amide bonds. The molecule has 2 rings (SSSR count). The number of rotatable bonds is 4. The molecular weight excluding hydrogens is 265 g/mol. The number of nitrogens with two attached hydrogens (primary N) is 1. The summed E-state index contributed by atoms with van der Waals surface area (Å²) in [5.74, 6) is -0.186. The zero-order chi connectivity index (χ0) is 15.7. The molecule has 1 unspecified atom stereocenters. The lowest BCUT2D eigenvalue weighted by Crippen LogP contribution is -2.65. The molecule has 1 atom stereocenters. The van der Waals surface area contributed by atoms with Crippen LogP contribution in [0.25, 0.3) is 0 Å². The summed E-state index contributed by atoms with van der Waals surface area (Å²) in [4.78, 5) is 4.90. The van der Waals surface area contributed by atoms with E-state index in [0.29, 0.717) is 6.54 Å². The fourth-order valence-electron chi connectivity index (χ4n) is 3.06. The lowest BCUT2D eigenvalue weighted by Gasteiger charge is -2.52. The van der Waals surface area contributed by atoms with Crippen LogP contribution in [0.2, 0.25) is 0 Å². The minimum Gasteiger partial charge on any atom is -0.329 e. The van der Waals surface area contributed by atoms with Crippen molar-refractivity contribution in [1.82, 2.24) is 9.80 Å². The van der Waals surface area contributed by atoms with Crippen molar-refractivity contribution in [2.45, 2.75) is 38.3 Å². The highest BCUT2D eigenvalue weighted by Gasteiger charge is 2.39. The van der Waals surface area contributed by atoms with Crippen LogP contribution in [0.15, 0.2) is 24.3 Å². The number of benzene rings is 1. The van der Waals surface area contributed by atoms with Gasteiger partial charge in [-0.3, -0.25) is 9.80 Å². The van der Waals surface area contributed by atoms with Gasteiger partial charge in [0.2, 0.25) is 0 Å². The van der Waals surface area contributed by atoms with Crippen LogP contribution < -0.4 is 5.73 Å². The van der Waals surface area contributed by atoms with Gasteiger partial charge in [0.15, 0.2) is 0 Å². The molecule has 1 fully saturated rings. The van der Waals surface area contributed by atoms with E-state index in [9.17, 15) is 4.39 Å². The molecule has 1 aromatic carbocycles. The average Bonchev–Trinajstić information content (AvgIpc) is 2.44. The quantitative estimate of drug-likeness (QED) is 0.923. The lowest BCUT2D eigenvalue weighted by atomic mass is 9.87. The molecule has 0 aromatic heterocycles. The SMILES string of the molecule is CN1CCN(C(C)(CN)Cc2ccc(F)cc2)CC1(C)C. The van der Waals surface area contributed by atoms with E-state index in [1.54, 1.807) is 0 Å². The first-order chi connectivity index (χ1) is 9.77. The third-order valence-electron chi connectivity index (χ3n) is 5.02. The zero-order valence-electron chi connectivity index (χ0n) is 13.7. The van der Waals surface area contributed by atoms with Gasteiger partial charge >= 0.3 is 0 Å². The Kier molecular flexibility index (Phi) is 4.71. The van der Waals surface area contributed by atoms with Crippen molar-refractivity contribution in [2.24, 2.45) is 5.73 Å². The molecule has 2 N–H and O–H groups in total. The first-order valence-corrected chi connectivity index (χ1v) is 7.68. The number of halogens is 1. The van der Waals surface area contributed by atoms with E-state index in [1.165, 1.54) is 12.1 Å². The van der Waals surface area contributed by atoms with Gasteiger partial charge in [-0.15, -0.1) is 0 Å². The van der Waals surface area contributed by atoms with Crippen LogP contribution >= 0.6 is 0 Å². The second-order valence-electron chi connectivity index (χ2n) is 7.16. The summed E-state index contributed by atoms with van der Waals surface area (Å²) in [6.45, 7) is 10.4. The molecule has 0 bridgehead atoms. The van der Waals surface area contributed by atoms with E-state index in [4.69, 9.17) is 5.73 Å². The predicted octanol–water partition coefficient (Wildman–Crippen LogP) is 2.11. The van der Waals surface area contributed by atoms with E-state index >= 15 is 0 Å². The number of hydrogen-bond donors (Lipinski definition) is 1. The van der Waals surface area contributed by atoms with Gasteiger partial charge in [0.05, 0.1) is 0 Å². The van der Waals surface area contributed by atoms with E-state index in [0.717, 1.165) is 31.6 Å². The summed E-state index contributed by atoms with van der Waals surface area (Å²) in [7, 11) is 2.18. The summed E-state index contributed by atoms with van der Waals surface area (Å²) < 4.78 is 13.1. The van der Waals surface area contributed by atoms with Crippen molar-refractivity contribution in [3.63, 3.8) is 0 Å². The van der Waals surface area contributed by atoms with Crippen LogP contribution in [-0.2, 0) is 6.42 Å². The maximum absolute atomic E-state index is 13.1. The van der Waals surface area contributed by atoms with Gasteiger partial charge in [-0.1, -0.05) is 12.1 Å². The molecule has 0 aliphatic carbocycles. The summed E-state index contributed by atoms with van der Waals surface area (Å²) in [6.07, 6.45) is 0.851. The van der Waals surface area contributed by atoms with Crippen molar-refractivity contribution in [3.05, 3.63) is 35.6 Å². The van der Waals surface area contributed by atoms with Gasteiger partial charge in [0, 0.05) is 37.3 Å². The minimum atomic E-state index is -0.186. The smallest absolute Gasteiger partial charge is 0.123 e. The molecule has 1 aliphatic rings. The Bertz CT molecular complexity index is 471. The van der Waals surface area contributed by atoms with Crippen molar-refractivity contribution in [2.75, 3.05) is 33.2 Å². The van der Waals surface area contributed by atoms with Gasteiger partial charge in [-0.05, 0) is 51.9 Å². The minimum absolute atomic E-state index is 0.0869. The van der Waals surface area contributed by atoms with Crippen molar-refractivity contribution in [1.29, 1.82) is 0 Å². The standard InChI is InChI=1S/C17H28FN3/c1-16(2)13-21(10-9-20(16)4)17(3,12-19)11-14-5-7-15(18)8-6-14/h5-8H,9-13,19H2,1-4H3. The maximum Gasteiger partial charge on any atom is 0.123 e. The normalized spacial score (nSPS) is 23.0. The maximum atomic E-state index is 13.1. The van der Waals surface area contributed by atoms with Gasteiger partial charge < -0.3 is 5.73 Å². The van der Waals surface area contributed by atoms with Gasteiger partial charge in [-0.2, -0.15) is 0 Å². The van der Waals surface area contributed by atoms with Crippen LogP contribution in [0.1, 0.15) is 26.3 Å². The van der Waals surface area contributed by atoms with Crippen LogP contribution in [0.5, 0.6) is 0 Å². The Morgan fingerprint density at radius 3 is 2.38 bits per heavy atom. The highest BCUT2D eigenvalue weighted by atomic mass is 19.1. The topological polar surface area (TPSA) is 32.5 Å². The van der Waals surface area contributed by atoms with E-state index < -0.39 is 0 Å². The van der Waals surface area contributed by atoms with Gasteiger partial charge in [0.25, 0.3) is 0 Å². The second-order valence-corrected chi connectivity index (χ2v) is 7.16. The third-order valence-corrected chi connectivity index (χ3v) is 5.02. The summed E-state index contributed by atoms with van der Waals surface area (Å²) in [5, 5.41) is 0. The average molecular weight is 293 g/mol. The highest BCUT2D eigenvalue weighted by Crippen LogP contribution is 2.27. The Hall–Kier alpha value is -0.970. The highest BCUT2D eigenvalue weighted by molar-refractivity contribution is 5.19. The van der Waals surface area contributed by atoms with Gasteiger partial charge in [0.1, 0.15) is 5.82 Å². The van der Waals surface area contributed by atoms with Crippen LogP contribution in [0.3, 0.4) is 0 Å². The first kappa shape index (κ1) is 16.4. The van der Waals surface area contributed by atoms with E-state index in [1.807, 2.05) is 12.1 Å². The molecule has 4 heteroatoms. The van der Waals surface area contributed by atoms with Crippen LogP contribution in [0.4, 0.5) is 4.39 Å². The van der Waals surface area contributed by atoms with Crippen LogP contribution in [0, 0.1) is 5.82 Å². The first-order valence-electron chi connectivity index (χ1n) is 7.68. The number of piperazine rings is 1. The number of likely N-dealkylation sites (N-methyl/N-ethyl adjacent to an activating group) is 1. The molecule has 3 nitrogen and oxygen atoms in total. The Balaban J connectivity index is 2.15. The van der Waals surface area contributed by atoms with Gasteiger partial charge in [-0.25, -0.2) is 4.39 Å². The Morgan fingerprint density at radius 1 is 1.24 bits per heavy atom. The molecule has 118 valence electrons. The fraction of sp³-hybridized carbons (Fsp3) is 0.647. The molecule has 1 aromatic rings. The molecular formula is C17H28FN3. The summed E-state index contributed by atoms with van der Waals surface area (Å²) >= 11 is 0. The van der Waals surface area contributed by atoms with E-state index in [-0.39, 0.29) is 16.9 Å². The van der Waals surface area contributed by atoms with E-state index in [2.05, 4.69) is 37.6 Å². The Morgan fingerprint density at radius 2 is 1.86 bits per heavy atom. The van der Waals surface area contributed by atoms with Crippen LogP contribution in [-0.4, -0.2) is 54.1 Å². The lowest BCUT2D eigenvalue weighted by molar-refractivity contribution is -0.0152. The molecule has 1 saturated heterocycles. The third kappa shape index (κ3) is 3.62. The molecule has 1 aliphatic heterocycles. The predicted molar refractivity (Wildman–Crippen MR) is 85.8 cm³/mol. The largest absolute Gasteiger partial charge is 0.329 e. The summed E-state index contributed by atoms with van der Waals surface area (Å²) in [5.41, 5.74) is 7.31. The molecule has 0 radical (unpaired) electrons. The Labute approximate surface area is 127 Å². The molecule has 21 heavy (non-hydrogen) atoms.